The van der Waals surface area contributed by atoms with Gasteiger partial charge in [-0.25, -0.2) is 4.79 Å². The first-order valence-electron chi connectivity index (χ1n) is 5.93. The SMILES string of the molecule is COC(=O)c1ccc(C(C)(C)C2CCC(=O)N2)o1. The molecular formula is C13H17NO4. The van der Waals surface area contributed by atoms with E-state index in [0.29, 0.717) is 12.2 Å². The van der Waals surface area contributed by atoms with E-state index in [1.54, 1.807) is 12.1 Å². The summed E-state index contributed by atoms with van der Waals surface area (Å²) in [4.78, 5) is 22.6. The Morgan fingerprint density at radius 2 is 2.22 bits per heavy atom. The van der Waals surface area contributed by atoms with Crippen LogP contribution in [0.15, 0.2) is 16.5 Å². The van der Waals surface area contributed by atoms with Crippen molar-refractivity contribution in [1.82, 2.24) is 5.32 Å². The first-order valence-corrected chi connectivity index (χ1v) is 5.93. The van der Waals surface area contributed by atoms with Gasteiger partial charge in [0.15, 0.2) is 0 Å². The van der Waals surface area contributed by atoms with Crippen LogP contribution in [0.5, 0.6) is 0 Å². The Labute approximate surface area is 105 Å². The van der Waals surface area contributed by atoms with E-state index in [1.165, 1.54) is 7.11 Å². The molecule has 1 fully saturated rings. The molecule has 1 aromatic heterocycles. The summed E-state index contributed by atoms with van der Waals surface area (Å²) in [5.74, 6) is 0.431. The van der Waals surface area contributed by atoms with E-state index in [9.17, 15) is 9.59 Å². The second kappa shape index (κ2) is 4.48. The molecule has 1 atom stereocenters. The van der Waals surface area contributed by atoms with Crippen molar-refractivity contribution in [2.45, 2.75) is 38.1 Å². The smallest absolute Gasteiger partial charge is 0.373 e. The lowest BCUT2D eigenvalue weighted by Crippen LogP contribution is -2.41. The molecule has 0 aromatic carbocycles. The number of carbonyl (C=O) groups is 2. The molecule has 5 nitrogen and oxygen atoms in total. The molecule has 1 aliphatic rings. The van der Waals surface area contributed by atoms with E-state index in [1.807, 2.05) is 13.8 Å². The van der Waals surface area contributed by atoms with Crippen molar-refractivity contribution in [3.05, 3.63) is 23.7 Å². The number of rotatable bonds is 3. The highest BCUT2D eigenvalue weighted by atomic mass is 16.5. The highest BCUT2D eigenvalue weighted by molar-refractivity contribution is 5.86. The number of methoxy groups -OCH3 is 1. The fourth-order valence-electron chi connectivity index (χ4n) is 2.22. The summed E-state index contributed by atoms with van der Waals surface area (Å²) in [7, 11) is 1.31. The number of ether oxygens (including phenoxy) is 1. The summed E-state index contributed by atoms with van der Waals surface area (Å²) in [6.45, 7) is 3.98. The Kier molecular flexibility index (Phi) is 3.15. The summed E-state index contributed by atoms with van der Waals surface area (Å²) >= 11 is 0. The van der Waals surface area contributed by atoms with Crippen molar-refractivity contribution in [3.8, 4) is 0 Å². The number of amides is 1. The molecule has 0 aliphatic carbocycles. The zero-order valence-electron chi connectivity index (χ0n) is 10.8. The topological polar surface area (TPSA) is 68.5 Å². The van der Waals surface area contributed by atoms with Crippen molar-refractivity contribution >= 4 is 11.9 Å². The first-order chi connectivity index (χ1) is 8.45. The van der Waals surface area contributed by atoms with Crippen LogP contribution in [0.4, 0.5) is 0 Å². The summed E-state index contributed by atoms with van der Waals surface area (Å²) in [6.07, 6.45) is 1.32. The monoisotopic (exact) mass is 251 g/mol. The van der Waals surface area contributed by atoms with Gasteiger partial charge in [-0.3, -0.25) is 4.79 Å². The molecule has 2 heterocycles. The third kappa shape index (κ3) is 2.12. The third-order valence-electron chi connectivity index (χ3n) is 3.49. The maximum atomic E-state index is 11.3. The van der Waals surface area contributed by atoms with Gasteiger partial charge in [-0.2, -0.15) is 0 Å². The zero-order valence-corrected chi connectivity index (χ0v) is 10.8. The molecule has 0 saturated carbocycles. The van der Waals surface area contributed by atoms with E-state index >= 15 is 0 Å². The van der Waals surface area contributed by atoms with E-state index in [2.05, 4.69) is 10.1 Å². The second-order valence-corrected chi connectivity index (χ2v) is 5.04. The summed E-state index contributed by atoms with van der Waals surface area (Å²) in [6, 6.07) is 3.39. The van der Waals surface area contributed by atoms with E-state index in [-0.39, 0.29) is 23.1 Å². The van der Waals surface area contributed by atoms with Crippen LogP contribution in [0.25, 0.3) is 0 Å². The molecule has 0 bridgehead atoms. The summed E-state index contributed by atoms with van der Waals surface area (Å²) < 4.78 is 10.1. The molecule has 0 radical (unpaired) electrons. The number of furan rings is 1. The minimum Gasteiger partial charge on any atom is -0.463 e. The molecule has 0 spiro atoms. The van der Waals surface area contributed by atoms with Crippen LogP contribution in [0.2, 0.25) is 0 Å². The lowest BCUT2D eigenvalue weighted by Gasteiger charge is -2.29. The highest BCUT2D eigenvalue weighted by Crippen LogP contribution is 2.33. The maximum absolute atomic E-state index is 11.3. The standard InChI is InChI=1S/C13H17NO4/c1-13(2,9-5-7-11(15)14-9)10-6-4-8(18-10)12(16)17-3/h4,6,9H,5,7H2,1-3H3,(H,14,15). The van der Waals surface area contributed by atoms with Crippen molar-refractivity contribution in [1.29, 1.82) is 0 Å². The van der Waals surface area contributed by atoms with E-state index in [4.69, 9.17) is 4.42 Å². The normalized spacial score (nSPS) is 19.7. The molecule has 1 amide bonds. The van der Waals surface area contributed by atoms with Gasteiger partial charge in [-0.05, 0) is 18.6 Å². The second-order valence-electron chi connectivity index (χ2n) is 5.04. The van der Waals surface area contributed by atoms with Crippen LogP contribution >= 0.6 is 0 Å². The average Bonchev–Trinajstić information content (AvgIpc) is 2.96. The molecular weight excluding hydrogens is 234 g/mol. The number of nitrogens with one attached hydrogen (secondary N) is 1. The Bertz CT molecular complexity index is 475. The minimum atomic E-state index is -0.493. The number of carbonyl (C=O) groups excluding carboxylic acids is 2. The minimum absolute atomic E-state index is 0.0293. The predicted octanol–water partition coefficient (Wildman–Crippen LogP) is 1.62. The molecule has 5 heteroatoms. The van der Waals surface area contributed by atoms with E-state index < -0.39 is 5.97 Å². The fraction of sp³-hybridized carbons (Fsp3) is 0.538. The molecule has 1 saturated heterocycles. The van der Waals surface area contributed by atoms with Crippen LogP contribution < -0.4 is 5.32 Å². The molecule has 2 rings (SSSR count). The van der Waals surface area contributed by atoms with Crippen molar-refractivity contribution in [2.75, 3.05) is 7.11 Å². The van der Waals surface area contributed by atoms with Crippen LogP contribution in [0.1, 0.15) is 43.0 Å². The summed E-state index contributed by atoms with van der Waals surface area (Å²) in [5, 5.41) is 2.93. The Morgan fingerprint density at radius 1 is 1.50 bits per heavy atom. The van der Waals surface area contributed by atoms with Gasteiger partial charge < -0.3 is 14.5 Å². The zero-order chi connectivity index (χ0) is 13.3. The lowest BCUT2D eigenvalue weighted by molar-refractivity contribution is -0.119. The van der Waals surface area contributed by atoms with Gasteiger partial charge in [0.25, 0.3) is 0 Å². The van der Waals surface area contributed by atoms with Crippen LogP contribution in [0, 0.1) is 0 Å². The van der Waals surface area contributed by atoms with Gasteiger partial charge >= 0.3 is 5.97 Å². The Hall–Kier alpha value is -1.78. The van der Waals surface area contributed by atoms with Crippen LogP contribution in [-0.2, 0) is 14.9 Å². The third-order valence-corrected chi connectivity index (χ3v) is 3.49. The number of hydrogen-bond acceptors (Lipinski definition) is 4. The molecule has 18 heavy (non-hydrogen) atoms. The molecule has 98 valence electrons. The van der Waals surface area contributed by atoms with Gasteiger partial charge in [0.05, 0.1) is 7.11 Å². The molecule has 1 unspecified atom stereocenters. The average molecular weight is 251 g/mol. The number of esters is 1. The Balaban J connectivity index is 2.21. The predicted molar refractivity (Wildman–Crippen MR) is 64.2 cm³/mol. The van der Waals surface area contributed by atoms with Gasteiger partial charge in [0.2, 0.25) is 11.7 Å². The van der Waals surface area contributed by atoms with Gasteiger partial charge in [-0.15, -0.1) is 0 Å². The van der Waals surface area contributed by atoms with Gasteiger partial charge in [0.1, 0.15) is 5.76 Å². The quantitative estimate of drug-likeness (QED) is 0.829. The van der Waals surface area contributed by atoms with Gasteiger partial charge in [-0.1, -0.05) is 13.8 Å². The van der Waals surface area contributed by atoms with Crippen molar-refractivity contribution in [3.63, 3.8) is 0 Å². The highest BCUT2D eigenvalue weighted by Gasteiger charge is 2.38. The van der Waals surface area contributed by atoms with Gasteiger partial charge in [0, 0.05) is 17.9 Å². The lowest BCUT2D eigenvalue weighted by atomic mass is 9.81. The van der Waals surface area contributed by atoms with Crippen LogP contribution in [-0.4, -0.2) is 25.0 Å². The first kappa shape index (κ1) is 12.7. The molecule has 1 aromatic rings. The maximum Gasteiger partial charge on any atom is 0.373 e. The molecule has 1 N–H and O–H groups in total. The Morgan fingerprint density at radius 3 is 2.78 bits per heavy atom. The fourth-order valence-corrected chi connectivity index (χ4v) is 2.22. The largest absolute Gasteiger partial charge is 0.463 e. The summed E-state index contributed by atoms with van der Waals surface area (Å²) in [5.41, 5.74) is -0.349. The van der Waals surface area contributed by atoms with Crippen molar-refractivity contribution < 1.29 is 18.7 Å². The van der Waals surface area contributed by atoms with Crippen molar-refractivity contribution in [2.24, 2.45) is 0 Å². The number of hydrogen-bond donors (Lipinski definition) is 1. The van der Waals surface area contributed by atoms with Crippen LogP contribution in [0.3, 0.4) is 0 Å². The molecule has 1 aliphatic heterocycles. The van der Waals surface area contributed by atoms with E-state index in [0.717, 1.165) is 6.42 Å².